The highest BCUT2D eigenvalue weighted by Crippen LogP contribution is 2.41. The van der Waals surface area contributed by atoms with Gasteiger partial charge in [0.25, 0.3) is 0 Å². The lowest BCUT2D eigenvalue weighted by Gasteiger charge is -2.21. The topological polar surface area (TPSA) is 34.2 Å². The zero-order valence-corrected chi connectivity index (χ0v) is 24.3. The summed E-state index contributed by atoms with van der Waals surface area (Å²) >= 11 is 0. The minimum atomic E-state index is 0.528. The number of hydrogen-bond acceptors (Lipinski definition) is 3. The largest absolute Gasteiger partial charge is 0.423 e. The lowest BCUT2D eigenvalue weighted by atomic mass is 10.1. The highest BCUT2D eigenvalue weighted by atomic mass is 16.4. The molecule has 0 fully saturated rings. The van der Waals surface area contributed by atoms with Gasteiger partial charge in [0.1, 0.15) is 5.52 Å². The summed E-state index contributed by atoms with van der Waals surface area (Å²) < 4.78 is 8.88. The number of hydrogen-bond donors (Lipinski definition) is 0. The Labute approximate surface area is 260 Å². The van der Waals surface area contributed by atoms with Gasteiger partial charge in [0.2, 0.25) is 0 Å². The Morgan fingerprint density at radius 2 is 1.13 bits per heavy atom. The first-order valence-corrected chi connectivity index (χ1v) is 15.1. The van der Waals surface area contributed by atoms with E-state index in [0.717, 1.165) is 50.0 Å². The van der Waals surface area contributed by atoms with Crippen LogP contribution in [-0.2, 0) is 0 Å². The third-order valence-corrected chi connectivity index (χ3v) is 8.62. The first-order valence-electron chi connectivity index (χ1n) is 15.1. The molecule has 0 aliphatic carbocycles. The molecule has 2 heterocycles. The minimum Gasteiger partial charge on any atom is -0.423 e. The van der Waals surface area contributed by atoms with E-state index in [1.807, 2.05) is 18.2 Å². The molecule has 4 nitrogen and oxygen atoms in total. The van der Waals surface area contributed by atoms with E-state index in [2.05, 4.69) is 155 Å². The van der Waals surface area contributed by atoms with E-state index in [-0.39, 0.29) is 0 Å². The van der Waals surface area contributed by atoms with E-state index >= 15 is 0 Å². The van der Waals surface area contributed by atoms with Crippen molar-refractivity contribution in [3.8, 4) is 16.8 Å². The Morgan fingerprint density at radius 3 is 1.96 bits per heavy atom. The van der Waals surface area contributed by atoms with Crippen molar-refractivity contribution in [3.05, 3.63) is 164 Å². The molecule has 0 atom stereocenters. The van der Waals surface area contributed by atoms with Gasteiger partial charge in [-0.3, -0.25) is 4.90 Å². The highest BCUT2D eigenvalue weighted by Gasteiger charge is 2.22. The predicted octanol–water partition coefficient (Wildman–Crippen LogP) is 11.2. The summed E-state index contributed by atoms with van der Waals surface area (Å²) in [6.45, 7) is 0. The predicted molar refractivity (Wildman–Crippen MR) is 186 cm³/mol. The van der Waals surface area contributed by atoms with Crippen LogP contribution in [0.3, 0.4) is 0 Å². The maximum atomic E-state index is 6.55. The van der Waals surface area contributed by atoms with Gasteiger partial charge in [-0.2, -0.15) is 4.98 Å². The van der Waals surface area contributed by atoms with Crippen LogP contribution in [0.4, 0.5) is 17.4 Å². The van der Waals surface area contributed by atoms with Crippen LogP contribution >= 0.6 is 0 Å². The first-order chi connectivity index (χ1) is 22.3. The van der Waals surface area contributed by atoms with Gasteiger partial charge in [0.05, 0.1) is 22.4 Å². The SMILES string of the molecule is c1ccc(-c2ccc(N(c3ccc4c(c3)c3ccccc3n4-c3ccccc3)c3nc4c(ccc5ccccc54)o3)cc2)cc1. The second kappa shape index (κ2) is 10.2. The van der Waals surface area contributed by atoms with Crippen molar-refractivity contribution in [2.24, 2.45) is 0 Å². The van der Waals surface area contributed by atoms with E-state index in [0.29, 0.717) is 6.01 Å². The number of anilines is 3. The molecule has 9 rings (SSSR count). The summed E-state index contributed by atoms with van der Waals surface area (Å²) in [4.78, 5) is 7.25. The van der Waals surface area contributed by atoms with Crippen molar-refractivity contribution in [2.45, 2.75) is 0 Å². The molecule has 7 aromatic carbocycles. The van der Waals surface area contributed by atoms with E-state index in [4.69, 9.17) is 9.40 Å². The quantitative estimate of drug-likeness (QED) is 0.204. The molecule has 0 unspecified atom stereocenters. The number of para-hydroxylation sites is 2. The lowest BCUT2D eigenvalue weighted by molar-refractivity contribution is 0.608. The van der Waals surface area contributed by atoms with Gasteiger partial charge in [-0.05, 0) is 71.1 Å². The van der Waals surface area contributed by atoms with Crippen LogP contribution in [0.5, 0.6) is 0 Å². The van der Waals surface area contributed by atoms with E-state index in [1.54, 1.807) is 0 Å². The van der Waals surface area contributed by atoms with Crippen molar-refractivity contribution in [2.75, 3.05) is 4.90 Å². The van der Waals surface area contributed by atoms with Crippen LogP contribution in [0.2, 0.25) is 0 Å². The lowest BCUT2D eigenvalue weighted by Crippen LogP contribution is -2.10. The van der Waals surface area contributed by atoms with Crippen LogP contribution in [0, 0.1) is 0 Å². The zero-order chi connectivity index (χ0) is 29.7. The van der Waals surface area contributed by atoms with Gasteiger partial charge < -0.3 is 8.98 Å². The van der Waals surface area contributed by atoms with Gasteiger partial charge in [-0.1, -0.05) is 109 Å². The molecule has 0 saturated heterocycles. The summed E-state index contributed by atoms with van der Waals surface area (Å²) in [6.07, 6.45) is 0. The van der Waals surface area contributed by atoms with Crippen LogP contribution in [0.25, 0.3) is 60.5 Å². The van der Waals surface area contributed by atoms with Gasteiger partial charge in [-0.25, -0.2) is 0 Å². The molecule has 0 saturated carbocycles. The maximum absolute atomic E-state index is 6.55. The summed E-state index contributed by atoms with van der Waals surface area (Å²) in [7, 11) is 0. The molecule has 2 aromatic heterocycles. The van der Waals surface area contributed by atoms with Crippen molar-refractivity contribution >= 4 is 61.1 Å². The molecule has 0 aliphatic rings. The average Bonchev–Trinajstić information content (AvgIpc) is 3.69. The molecule has 0 spiro atoms. The fourth-order valence-electron chi connectivity index (χ4n) is 6.50. The standard InChI is InChI=1S/C41H27N3O/c1-3-11-28(12-4-1)29-19-22-32(23-20-29)43(41-42-40-34-16-8-7-13-30(34)21-26-39(40)45-41)33-24-25-38-36(27-33)35-17-9-10-18-37(35)44(38)31-14-5-2-6-15-31/h1-27H. The van der Waals surface area contributed by atoms with Gasteiger partial charge in [0, 0.05) is 21.8 Å². The monoisotopic (exact) mass is 577 g/mol. The second-order valence-electron chi connectivity index (χ2n) is 11.3. The van der Waals surface area contributed by atoms with Crippen molar-refractivity contribution in [1.82, 2.24) is 9.55 Å². The number of rotatable bonds is 5. The molecule has 0 N–H and O–H groups in total. The zero-order valence-electron chi connectivity index (χ0n) is 24.3. The van der Waals surface area contributed by atoms with E-state index in [1.165, 1.54) is 21.9 Å². The second-order valence-corrected chi connectivity index (χ2v) is 11.3. The molecule has 0 aliphatic heterocycles. The average molecular weight is 578 g/mol. The van der Waals surface area contributed by atoms with Gasteiger partial charge in [-0.15, -0.1) is 0 Å². The number of fused-ring (bicyclic) bond motifs is 6. The smallest absolute Gasteiger partial charge is 0.307 e. The Morgan fingerprint density at radius 1 is 0.489 bits per heavy atom. The highest BCUT2D eigenvalue weighted by molar-refractivity contribution is 6.11. The van der Waals surface area contributed by atoms with E-state index in [9.17, 15) is 0 Å². The van der Waals surface area contributed by atoms with Gasteiger partial charge in [0.15, 0.2) is 5.58 Å². The van der Waals surface area contributed by atoms with Crippen molar-refractivity contribution in [1.29, 1.82) is 0 Å². The molecule has 0 bridgehead atoms. The van der Waals surface area contributed by atoms with Gasteiger partial charge >= 0.3 is 6.01 Å². The third-order valence-electron chi connectivity index (χ3n) is 8.62. The summed E-state index contributed by atoms with van der Waals surface area (Å²) in [6, 6.07) is 57.8. The normalized spacial score (nSPS) is 11.6. The molecule has 9 aromatic rings. The molecule has 0 amide bonds. The van der Waals surface area contributed by atoms with Crippen LogP contribution in [0.15, 0.2) is 168 Å². The van der Waals surface area contributed by atoms with Crippen LogP contribution in [-0.4, -0.2) is 9.55 Å². The van der Waals surface area contributed by atoms with Crippen LogP contribution < -0.4 is 4.90 Å². The molecular weight excluding hydrogens is 550 g/mol. The van der Waals surface area contributed by atoms with Crippen molar-refractivity contribution < 1.29 is 4.42 Å². The number of nitrogens with zero attached hydrogens (tertiary/aromatic N) is 3. The minimum absolute atomic E-state index is 0.528. The Kier molecular flexibility index (Phi) is 5.78. The van der Waals surface area contributed by atoms with Crippen molar-refractivity contribution in [3.63, 3.8) is 0 Å². The van der Waals surface area contributed by atoms with E-state index < -0.39 is 0 Å². The first kappa shape index (κ1) is 25.4. The third kappa shape index (κ3) is 4.19. The fraction of sp³-hybridized carbons (Fsp3) is 0. The molecule has 0 radical (unpaired) electrons. The summed E-state index contributed by atoms with van der Waals surface area (Å²) in [5.41, 5.74) is 9.35. The van der Waals surface area contributed by atoms with Crippen LogP contribution in [0.1, 0.15) is 0 Å². The summed E-state index contributed by atoms with van der Waals surface area (Å²) in [5.74, 6) is 0. The number of aromatic nitrogens is 2. The molecule has 4 heteroatoms. The molecule has 45 heavy (non-hydrogen) atoms. The molecule has 212 valence electrons. The molecular formula is C41H27N3O. The Balaban J connectivity index is 1.26. The maximum Gasteiger partial charge on any atom is 0.307 e. The Hall–Kier alpha value is -6.13. The Bertz CT molecular complexity index is 2480. The fourth-order valence-corrected chi connectivity index (χ4v) is 6.50. The number of benzene rings is 7. The summed E-state index contributed by atoms with van der Waals surface area (Å²) in [5, 5.41) is 4.57. The number of oxazole rings is 1.